The van der Waals surface area contributed by atoms with E-state index in [9.17, 15) is 9.59 Å². The molecule has 4 nitrogen and oxygen atoms in total. The molecule has 0 atom stereocenters. The number of hydrogen-bond acceptors (Lipinski definition) is 3. The Morgan fingerprint density at radius 2 is 1.56 bits per heavy atom. The number of aryl methyl sites for hydroxylation is 2. The van der Waals surface area contributed by atoms with E-state index in [2.05, 4.69) is 5.32 Å². The van der Waals surface area contributed by atoms with Gasteiger partial charge in [-0.2, -0.15) is 0 Å². The number of hydrogen-bond donors (Lipinski definition) is 1. The van der Waals surface area contributed by atoms with Crippen molar-refractivity contribution < 1.29 is 9.59 Å². The van der Waals surface area contributed by atoms with E-state index in [0.29, 0.717) is 24.2 Å². The smallest absolute Gasteiger partial charge is 0.261 e. The zero-order valence-electron chi connectivity index (χ0n) is 11.0. The molecule has 0 spiro atoms. The van der Waals surface area contributed by atoms with Gasteiger partial charge in [-0.25, -0.2) is 0 Å². The molecule has 0 aliphatic carbocycles. The summed E-state index contributed by atoms with van der Waals surface area (Å²) in [5.74, 6) is -0.316. The summed E-state index contributed by atoms with van der Waals surface area (Å²) in [7, 11) is 0. The van der Waals surface area contributed by atoms with Gasteiger partial charge < -0.3 is 5.32 Å². The second kappa shape index (κ2) is 4.90. The van der Waals surface area contributed by atoms with Crippen molar-refractivity contribution in [3.05, 3.63) is 34.4 Å². The van der Waals surface area contributed by atoms with E-state index in [4.69, 9.17) is 0 Å². The minimum absolute atomic E-state index is 0.158. The highest BCUT2D eigenvalue weighted by molar-refractivity contribution is 6.22. The van der Waals surface area contributed by atoms with Crippen LogP contribution in [-0.2, 0) is 0 Å². The van der Waals surface area contributed by atoms with Crippen LogP contribution in [0.1, 0.15) is 38.8 Å². The van der Waals surface area contributed by atoms with Gasteiger partial charge in [-0.3, -0.25) is 14.5 Å². The van der Waals surface area contributed by atoms with Crippen LogP contribution in [0.15, 0.2) is 12.1 Å². The number of carbonyl (C=O) groups excluding carboxylic acids is 2. The molecule has 1 aromatic carbocycles. The number of nitrogens with one attached hydrogen (secondary N) is 1. The van der Waals surface area contributed by atoms with Crippen molar-refractivity contribution in [2.24, 2.45) is 0 Å². The molecule has 0 bridgehead atoms. The van der Waals surface area contributed by atoms with Crippen molar-refractivity contribution in [2.75, 3.05) is 19.6 Å². The van der Waals surface area contributed by atoms with Crippen molar-refractivity contribution in [3.8, 4) is 0 Å². The molecule has 1 aromatic rings. The van der Waals surface area contributed by atoms with Gasteiger partial charge >= 0.3 is 0 Å². The second-order valence-corrected chi connectivity index (χ2v) is 4.56. The lowest BCUT2D eigenvalue weighted by Crippen LogP contribution is -2.36. The number of rotatable bonds is 4. The number of fused-ring (bicyclic) bond motifs is 1. The molecule has 0 saturated carbocycles. The maximum Gasteiger partial charge on any atom is 0.261 e. The molecule has 0 fully saturated rings. The lowest BCUT2D eigenvalue weighted by Gasteiger charge is -2.13. The molecule has 1 heterocycles. The quantitative estimate of drug-likeness (QED) is 0.647. The summed E-state index contributed by atoms with van der Waals surface area (Å²) in [5, 5.41) is 3.13. The van der Waals surface area contributed by atoms with E-state index in [1.807, 2.05) is 32.9 Å². The number of nitrogens with zero attached hydrogens (tertiary/aromatic N) is 1. The number of imide groups is 1. The fraction of sp³-hybridized carbons (Fsp3) is 0.429. The third-order valence-electron chi connectivity index (χ3n) is 3.30. The summed E-state index contributed by atoms with van der Waals surface area (Å²) in [6, 6.07) is 3.79. The van der Waals surface area contributed by atoms with Gasteiger partial charge in [-0.15, -0.1) is 0 Å². The SMILES string of the molecule is CCNCCN1C(=O)c2c(C)ccc(C)c2C1=O. The van der Waals surface area contributed by atoms with E-state index in [1.54, 1.807) is 0 Å². The molecular weight excluding hydrogens is 228 g/mol. The van der Waals surface area contributed by atoms with Crippen LogP contribution >= 0.6 is 0 Å². The van der Waals surface area contributed by atoms with Crippen molar-refractivity contribution in [3.63, 3.8) is 0 Å². The second-order valence-electron chi connectivity index (χ2n) is 4.56. The Balaban J connectivity index is 2.32. The van der Waals surface area contributed by atoms with Crippen molar-refractivity contribution >= 4 is 11.8 Å². The monoisotopic (exact) mass is 246 g/mol. The van der Waals surface area contributed by atoms with Gasteiger partial charge in [0.2, 0.25) is 0 Å². The zero-order chi connectivity index (χ0) is 13.3. The average molecular weight is 246 g/mol. The van der Waals surface area contributed by atoms with E-state index >= 15 is 0 Å². The normalized spacial score (nSPS) is 14.3. The summed E-state index contributed by atoms with van der Waals surface area (Å²) in [5.41, 5.74) is 2.91. The summed E-state index contributed by atoms with van der Waals surface area (Å²) in [6.07, 6.45) is 0. The van der Waals surface area contributed by atoms with Gasteiger partial charge in [0.05, 0.1) is 11.1 Å². The molecule has 0 radical (unpaired) electrons. The summed E-state index contributed by atoms with van der Waals surface area (Å²) in [6.45, 7) is 7.64. The Labute approximate surface area is 107 Å². The minimum atomic E-state index is -0.158. The van der Waals surface area contributed by atoms with E-state index in [1.165, 1.54) is 4.90 Å². The minimum Gasteiger partial charge on any atom is -0.315 e. The third kappa shape index (κ3) is 1.93. The van der Waals surface area contributed by atoms with Gasteiger partial charge in [-0.1, -0.05) is 19.1 Å². The molecule has 1 N–H and O–H groups in total. The van der Waals surface area contributed by atoms with Crippen LogP contribution in [0.5, 0.6) is 0 Å². The van der Waals surface area contributed by atoms with Gasteiger partial charge in [-0.05, 0) is 31.5 Å². The lowest BCUT2D eigenvalue weighted by atomic mass is 9.99. The third-order valence-corrected chi connectivity index (χ3v) is 3.30. The predicted molar refractivity (Wildman–Crippen MR) is 69.8 cm³/mol. The number of benzene rings is 1. The molecule has 2 rings (SSSR count). The Hall–Kier alpha value is -1.68. The first-order chi connectivity index (χ1) is 8.57. The Bertz CT molecular complexity index is 468. The number of carbonyl (C=O) groups is 2. The highest BCUT2D eigenvalue weighted by Crippen LogP contribution is 2.28. The van der Waals surface area contributed by atoms with Gasteiger partial charge in [0.25, 0.3) is 11.8 Å². The van der Waals surface area contributed by atoms with Crippen LogP contribution in [0, 0.1) is 13.8 Å². The Kier molecular flexibility index (Phi) is 3.48. The first-order valence-corrected chi connectivity index (χ1v) is 6.25. The topological polar surface area (TPSA) is 49.4 Å². The molecule has 1 aliphatic rings. The van der Waals surface area contributed by atoms with Crippen molar-refractivity contribution in [1.82, 2.24) is 10.2 Å². The molecule has 1 aliphatic heterocycles. The summed E-state index contributed by atoms with van der Waals surface area (Å²) >= 11 is 0. The average Bonchev–Trinajstić information content (AvgIpc) is 2.59. The van der Waals surface area contributed by atoms with Crippen LogP contribution < -0.4 is 5.32 Å². The van der Waals surface area contributed by atoms with Crippen LogP contribution in [0.4, 0.5) is 0 Å². The first kappa shape index (κ1) is 12.8. The van der Waals surface area contributed by atoms with Gasteiger partial charge in [0.15, 0.2) is 0 Å². The number of likely N-dealkylation sites (N-methyl/N-ethyl adjacent to an activating group) is 1. The first-order valence-electron chi connectivity index (χ1n) is 6.25. The molecule has 18 heavy (non-hydrogen) atoms. The van der Waals surface area contributed by atoms with Crippen molar-refractivity contribution in [1.29, 1.82) is 0 Å². The molecule has 0 aromatic heterocycles. The van der Waals surface area contributed by atoms with Crippen LogP contribution in [0.3, 0.4) is 0 Å². The molecule has 4 heteroatoms. The fourth-order valence-corrected chi connectivity index (χ4v) is 2.30. The summed E-state index contributed by atoms with van der Waals surface area (Å²) < 4.78 is 0. The number of amides is 2. The molecule has 2 amide bonds. The van der Waals surface area contributed by atoms with E-state index in [0.717, 1.165) is 17.7 Å². The van der Waals surface area contributed by atoms with Gasteiger partial charge in [0, 0.05) is 13.1 Å². The largest absolute Gasteiger partial charge is 0.315 e. The predicted octanol–water partition coefficient (Wildman–Crippen LogP) is 1.51. The maximum absolute atomic E-state index is 12.3. The molecule has 0 unspecified atom stereocenters. The molecule has 0 saturated heterocycles. The maximum atomic E-state index is 12.3. The lowest BCUT2D eigenvalue weighted by molar-refractivity contribution is 0.0655. The highest BCUT2D eigenvalue weighted by atomic mass is 16.2. The fourth-order valence-electron chi connectivity index (χ4n) is 2.30. The standard InChI is InChI=1S/C14H18N2O2/c1-4-15-7-8-16-13(17)11-9(2)5-6-10(3)12(11)14(16)18/h5-6,15H,4,7-8H2,1-3H3. The van der Waals surface area contributed by atoms with Crippen LogP contribution in [0.2, 0.25) is 0 Å². The zero-order valence-corrected chi connectivity index (χ0v) is 11.0. The van der Waals surface area contributed by atoms with Crippen LogP contribution in [0.25, 0.3) is 0 Å². The van der Waals surface area contributed by atoms with E-state index < -0.39 is 0 Å². The van der Waals surface area contributed by atoms with Gasteiger partial charge in [0.1, 0.15) is 0 Å². The van der Waals surface area contributed by atoms with E-state index in [-0.39, 0.29) is 11.8 Å². The Morgan fingerprint density at radius 1 is 1.06 bits per heavy atom. The highest BCUT2D eigenvalue weighted by Gasteiger charge is 2.37. The molecular formula is C14H18N2O2. The van der Waals surface area contributed by atoms with Crippen molar-refractivity contribution in [2.45, 2.75) is 20.8 Å². The molecule has 96 valence electrons. The summed E-state index contributed by atoms with van der Waals surface area (Å²) in [4.78, 5) is 25.8. The van der Waals surface area contributed by atoms with Crippen LogP contribution in [-0.4, -0.2) is 36.3 Å². The Morgan fingerprint density at radius 3 is 2.00 bits per heavy atom.